The van der Waals surface area contributed by atoms with Gasteiger partial charge in [-0.25, -0.2) is 0 Å². The minimum Gasteiger partial charge on any atom is -0.495 e. The molecule has 4 nitrogen and oxygen atoms in total. The van der Waals surface area contributed by atoms with E-state index in [4.69, 9.17) is 22.1 Å². The fourth-order valence-corrected chi connectivity index (χ4v) is 3.08. The third kappa shape index (κ3) is 3.44. The third-order valence-electron chi connectivity index (χ3n) is 3.98. The van der Waals surface area contributed by atoms with Gasteiger partial charge in [0.15, 0.2) is 0 Å². The molecule has 1 aromatic rings. The third-order valence-corrected chi connectivity index (χ3v) is 4.28. The van der Waals surface area contributed by atoms with Crippen molar-refractivity contribution in [3.8, 4) is 5.75 Å². The SMILES string of the molecule is COc1ccc(CNC(=O)[C@@H]2CCC[C@@H]2CN)cc1Cl. The van der Waals surface area contributed by atoms with Crippen molar-refractivity contribution >= 4 is 17.5 Å². The van der Waals surface area contributed by atoms with Crippen LogP contribution in [0.15, 0.2) is 18.2 Å². The molecule has 1 fully saturated rings. The van der Waals surface area contributed by atoms with E-state index in [9.17, 15) is 4.79 Å². The lowest BCUT2D eigenvalue weighted by Gasteiger charge is -2.17. The number of hydrogen-bond donors (Lipinski definition) is 2. The van der Waals surface area contributed by atoms with Gasteiger partial charge in [-0.1, -0.05) is 24.1 Å². The van der Waals surface area contributed by atoms with Crippen LogP contribution in [0.4, 0.5) is 0 Å². The average Bonchev–Trinajstić information content (AvgIpc) is 2.93. The molecule has 2 rings (SSSR count). The number of carbonyl (C=O) groups excluding carboxylic acids is 1. The van der Waals surface area contributed by atoms with Crippen molar-refractivity contribution < 1.29 is 9.53 Å². The summed E-state index contributed by atoms with van der Waals surface area (Å²) in [5.41, 5.74) is 6.67. The second-order valence-electron chi connectivity index (χ2n) is 5.22. The largest absolute Gasteiger partial charge is 0.495 e. The lowest BCUT2D eigenvalue weighted by Crippen LogP contribution is -2.34. The molecule has 0 saturated heterocycles. The highest BCUT2D eigenvalue weighted by Gasteiger charge is 2.31. The van der Waals surface area contributed by atoms with E-state index in [2.05, 4.69) is 5.32 Å². The summed E-state index contributed by atoms with van der Waals surface area (Å²) >= 11 is 6.06. The van der Waals surface area contributed by atoms with E-state index in [-0.39, 0.29) is 11.8 Å². The first-order chi connectivity index (χ1) is 9.65. The molecule has 0 aromatic heterocycles. The first-order valence-corrected chi connectivity index (χ1v) is 7.33. The summed E-state index contributed by atoms with van der Waals surface area (Å²) in [6.45, 7) is 1.07. The maximum absolute atomic E-state index is 12.2. The van der Waals surface area contributed by atoms with Crippen molar-refractivity contribution in [2.75, 3.05) is 13.7 Å². The van der Waals surface area contributed by atoms with Gasteiger partial charge in [-0.2, -0.15) is 0 Å². The molecule has 1 aliphatic rings. The molecule has 1 amide bonds. The number of carbonyl (C=O) groups is 1. The predicted molar refractivity (Wildman–Crippen MR) is 79.7 cm³/mol. The van der Waals surface area contributed by atoms with Gasteiger partial charge in [0.25, 0.3) is 0 Å². The van der Waals surface area contributed by atoms with Crippen LogP contribution in [-0.2, 0) is 11.3 Å². The molecule has 2 atom stereocenters. The topological polar surface area (TPSA) is 64.3 Å². The molecule has 0 spiro atoms. The summed E-state index contributed by atoms with van der Waals surface area (Å²) in [4.78, 5) is 12.2. The van der Waals surface area contributed by atoms with Gasteiger partial charge in [0.05, 0.1) is 12.1 Å². The van der Waals surface area contributed by atoms with E-state index < -0.39 is 0 Å². The second kappa shape index (κ2) is 6.95. The maximum Gasteiger partial charge on any atom is 0.223 e. The Bertz CT molecular complexity index is 479. The number of nitrogens with two attached hydrogens (primary N) is 1. The van der Waals surface area contributed by atoms with Crippen LogP contribution in [0.1, 0.15) is 24.8 Å². The van der Waals surface area contributed by atoms with Gasteiger partial charge >= 0.3 is 0 Å². The van der Waals surface area contributed by atoms with E-state index in [1.54, 1.807) is 7.11 Å². The smallest absolute Gasteiger partial charge is 0.223 e. The Hall–Kier alpha value is -1.26. The fraction of sp³-hybridized carbons (Fsp3) is 0.533. The second-order valence-corrected chi connectivity index (χ2v) is 5.63. The van der Waals surface area contributed by atoms with Crippen LogP contribution >= 0.6 is 11.6 Å². The Morgan fingerprint density at radius 2 is 2.30 bits per heavy atom. The van der Waals surface area contributed by atoms with Crippen LogP contribution in [-0.4, -0.2) is 19.6 Å². The summed E-state index contributed by atoms with van der Waals surface area (Å²) < 4.78 is 5.10. The highest BCUT2D eigenvalue weighted by Crippen LogP contribution is 2.31. The van der Waals surface area contributed by atoms with Crippen molar-refractivity contribution in [2.24, 2.45) is 17.6 Å². The Balaban J connectivity index is 1.91. The highest BCUT2D eigenvalue weighted by atomic mass is 35.5. The molecule has 0 heterocycles. The minimum absolute atomic E-state index is 0.0636. The minimum atomic E-state index is 0.0636. The van der Waals surface area contributed by atoms with Crippen LogP contribution in [0, 0.1) is 11.8 Å². The summed E-state index contributed by atoms with van der Waals surface area (Å²) in [5, 5.41) is 3.53. The van der Waals surface area contributed by atoms with E-state index in [1.165, 1.54) is 0 Å². The normalized spacial score (nSPS) is 21.8. The van der Waals surface area contributed by atoms with Gasteiger partial charge in [0.2, 0.25) is 5.91 Å². The standard InChI is InChI=1S/C15H21ClN2O2/c1-20-14-6-5-10(7-13(14)16)9-18-15(19)12-4-2-3-11(12)8-17/h5-7,11-12H,2-4,8-9,17H2,1H3,(H,18,19)/t11-,12-/m1/s1. The van der Waals surface area contributed by atoms with E-state index in [1.807, 2.05) is 18.2 Å². The summed E-state index contributed by atoms with van der Waals surface area (Å²) in [7, 11) is 1.58. The summed E-state index contributed by atoms with van der Waals surface area (Å²) in [6, 6.07) is 5.53. The van der Waals surface area contributed by atoms with Crippen molar-refractivity contribution in [3.63, 3.8) is 0 Å². The van der Waals surface area contributed by atoms with E-state index >= 15 is 0 Å². The molecular formula is C15H21ClN2O2. The van der Waals surface area contributed by atoms with Crippen LogP contribution < -0.4 is 15.8 Å². The van der Waals surface area contributed by atoms with Gasteiger partial charge in [-0.3, -0.25) is 4.79 Å². The number of nitrogens with one attached hydrogen (secondary N) is 1. The number of benzene rings is 1. The zero-order valence-corrected chi connectivity index (χ0v) is 12.5. The molecule has 3 N–H and O–H groups in total. The molecule has 20 heavy (non-hydrogen) atoms. The molecule has 5 heteroatoms. The van der Waals surface area contributed by atoms with Crippen LogP contribution in [0.2, 0.25) is 5.02 Å². The number of halogens is 1. The van der Waals surface area contributed by atoms with Gasteiger partial charge in [-0.05, 0) is 43.0 Å². The predicted octanol–water partition coefficient (Wildman–Crippen LogP) is 2.34. The van der Waals surface area contributed by atoms with Crippen molar-refractivity contribution in [3.05, 3.63) is 28.8 Å². The van der Waals surface area contributed by atoms with Crippen LogP contribution in [0.3, 0.4) is 0 Å². The average molecular weight is 297 g/mol. The van der Waals surface area contributed by atoms with Crippen molar-refractivity contribution in [1.82, 2.24) is 5.32 Å². The van der Waals surface area contributed by atoms with Crippen molar-refractivity contribution in [1.29, 1.82) is 0 Å². The lowest BCUT2D eigenvalue weighted by atomic mass is 9.95. The van der Waals surface area contributed by atoms with Gasteiger partial charge in [-0.15, -0.1) is 0 Å². The Labute approximate surface area is 124 Å². The first-order valence-electron chi connectivity index (χ1n) is 6.96. The molecule has 0 radical (unpaired) electrons. The monoisotopic (exact) mass is 296 g/mol. The van der Waals surface area contributed by atoms with Gasteiger partial charge in [0, 0.05) is 12.5 Å². The van der Waals surface area contributed by atoms with E-state index in [0.717, 1.165) is 24.8 Å². The molecule has 1 saturated carbocycles. The maximum atomic E-state index is 12.2. The quantitative estimate of drug-likeness (QED) is 0.876. The highest BCUT2D eigenvalue weighted by molar-refractivity contribution is 6.32. The number of amides is 1. The summed E-state index contributed by atoms with van der Waals surface area (Å²) in [5.74, 6) is 1.13. The Morgan fingerprint density at radius 3 is 2.95 bits per heavy atom. The summed E-state index contributed by atoms with van der Waals surface area (Å²) in [6.07, 6.45) is 3.09. The molecule has 0 unspecified atom stereocenters. The Morgan fingerprint density at radius 1 is 1.50 bits per heavy atom. The number of hydrogen-bond acceptors (Lipinski definition) is 3. The lowest BCUT2D eigenvalue weighted by molar-refractivity contribution is -0.126. The number of ether oxygens (including phenoxy) is 1. The number of rotatable bonds is 5. The fourth-order valence-electron chi connectivity index (χ4n) is 2.80. The molecular weight excluding hydrogens is 276 g/mol. The molecule has 1 aliphatic carbocycles. The zero-order valence-electron chi connectivity index (χ0n) is 11.7. The van der Waals surface area contributed by atoms with Crippen molar-refractivity contribution in [2.45, 2.75) is 25.8 Å². The molecule has 1 aromatic carbocycles. The molecule has 0 aliphatic heterocycles. The Kier molecular flexibility index (Phi) is 5.26. The van der Waals surface area contributed by atoms with Gasteiger partial charge in [0.1, 0.15) is 5.75 Å². The van der Waals surface area contributed by atoms with Gasteiger partial charge < -0.3 is 15.8 Å². The molecule has 110 valence electrons. The molecule has 0 bridgehead atoms. The first kappa shape index (κ1) is 15.1. The van der Waals surface area contributed by atoms with Crippen LogP contribution in [0.25, 0.3) is 0 Å². The van der Waals surface area contributed by atoms with E-state index in [0.29, 0.717) is 29.8 Å². The zero-order chi connectivity index (χ0) is 14.5. The van der Waals surface area contributed by atoms with Crippen LogP contribution in [0.5, 0.6) is 5.75 Å². The number of methoxy groups -OCH3 is 1.